The maximum absolute atomic E-state index is 16.0. The molecule has 2 atom stereocenters. The minimum atomic E-state index is -0.445. The summed E-state index contributed by atoms with van der Waals surface area (Å²) in [5, 5.41) is 5.12. The van der Waals surface area contributed by atoms with Gasteiger partial charge >= 0.3 is 0 Å². The predicted molar refractivity (Wildman–Crippen MR) is 155 cm³/mol. The fraction of sp³-hybridized carbons (Fsp3) is 0.323. The summed E-state index contributed by atoms with van der Waals surface area (Å²) in [6.07, 6.45) is 7.32. The van der Waals surface area contributed by atoms with E-state index in [1.165, 1.54) is 18.9 Å². The number of amides is 1. The number of thiazole rings is 1. The molecule has 8 nitrogen and oxygen atoms in total. The van der Waals surface area contributed by atoms with Gasteiger partial charge in [0.1, 0.15) is 17.4 Å². The van der Waals surface area contributed by atoms with E-state index in [1.54, 1.807) is 24.6 Å². The van der Waals surface area contributed by atoms with Crippen molar-refractivity contribution in [2.75, 3.05) is 20.1 Å². The van der Waals surface area contributed by atoms with E-state index >= 15 is 4.39 Å². The maximum Gasteiger partial charge on any atom is 0.237 e. The number of imidazole rings is 1. The van der Waals surface area contributed by atoms with Crippen molar-refractivity contribution in [1.82, 2.24) is 29.7 Å². The van der Waals surface area contributed by atoms with Crippen molar-refractivity contribution in [2.45, 2.75) is 43.9 Å². The molecule has 2 aliphatic heterocycles. The number of fused-ring (bicyclic) bond motifs is 5. The number of rotatable bonds is 6. The number of nitrogens with zero attached hydrogens (tertiary/aromatic N) is 4. The molecule has 5 aromatic rings. The van der Waals surface area contributed by atoms with Crippen molar-refractivity contribution in [2.24, 2.45) is 0 Å². The van der Waals surface area contributed by atoms with Crippen LogP contribution in [0.1, 0.15) is 59.6 Å². The molecule has 0 bridgehead atoms. The Hall–Kier alpha value is -4.02. The number of carbonyl (C=O) groups is 1. The van der Waals surface area contributed by atoms with E-state index in [0.717, 1.165) is 45.1 Å². The Morgan fingerprint density at radius 1 is 1.17 bits per heavy atom. The summed E-state index contributed by atoms with van der Waals surface area (Å²) in [6, 6.07) is 13.5. The molecule has 8 rings (SSSR count). The molecule has 1 amide bonds. The lowest BCUT2D eigenvalue weighted by molar-refractivity contribution is -0.131. The number of carbonyl (C=O) groups excluding carboxylic acids is 1. The second-order valence-corrected chi connectivity index (χ2v) is 12.2. The van der Waals surface area contributed by atoms with Gasteiger partial charge < -0.3 is 19.9 Å². The van der Waals surface area contributed by atoms with Crippen LogP contribution in [0.4, 0.5) is 4.39 Å². The Kier molecular flexibility index (Phi) is 5.75. The molecule has 10 heteroatoms. The van der Waals surface area contributed by atoms with Crippen molar-refractivity contribution < 1.29 is 13.9 Å². The lowest BCUT2D eigenvalue weighted by Gasteiger charge is -2.29. The number of hydrogen-bond donors (Lipinski definition) is 2. The lowest BCUT2D eigenvalue weighted by atomic mass is 10.0. The molecule has 3 aromatic heterocycles. The normalized spacial score (nSPS) is 19.8. The molecule has 2 aromatic carbocycles. The van der Waals surface area contributed by atoms with Gasteiger partial charge in [-0.3, -0.25) is 9.36 Å². The fourth-order valence-corrected chi connectivity index (χ4v) is 7.36. The van der Waals surface area contributed by atoms with Crippen molar-refractivity contribution >= 4 is 28.1 Å². The van der Waals surface area contributed by atoms with Crippen LogP contribution >= 0.6 is 11.3 Å². The average molecular weight is 569 g/mol. The molecule has 2 fully saturated rings. The van der Waals surface area contributed by atoms with Crippen LogP contribution < -0.4 is 10.1 Å². The third kappa shape index (κ3) is 4.07. The molecule has 2 unspecified atom stereocenters. The van der Waals surface area contributed by atoms with E-state index < -0.39 is 6.23 Å². The number of benzene rings is 2. The summed E-state index contributed by atoms with van der Waals surface area (Å²) in [4.78, 5) is 28.2. The van der Waals surface area contributed by atoms with E-state index in [0.29, 0.717) is 35.0 Å². The Balaban J connectivity index is 1.20. The van der Waals surface area contributed by atoms with Crippen LogP contribution in [0.2, 0.25) is 0 Å². The topological polar surface area (TPSA) is 88.1 Å². The smallest absolute Gasteiger partial charge is 0.237 e. The predicted octanol–water partition coefficient (Wildman–Crippen LogP) is 5.99. The summed E-state index contributed by atoms with van der Waals surface area (Å²) < 4.78 is 24.8. The summed E-state index contributed by atoms with van der Waals surface area (Å²) in [7, 11) is 1.77. The third-order valence-corrected chi connectivity index (χ3v) is 9.56. The molecule has 3 aliphatic rings. The number of ether oxygens (including phenoxy) is 1. The molecular formula is C31H29FN6O2S. The highest BCUT2D eigenvalue weighted by molar-refractivity contribution is 7.11. The SMILES string of the molecule is CNCC(=O)N1CCCC1c1ncc(-c2cc(F)c3c(c2)OC(c2cnc(C4CC4)s2)n2c-3cc3ccccc32)[nH]1. The monoisotopic (exact) mass is 568 g/mol. The summed E-state index contributed by atoms with van der Waals surface area (Å²) in [6.45, 7) is 0.995. The second kappa shape index (κ2) is 9.53. The minimum absolute atomic E-state index is 0.0514. The van der Waals surface area contributed by atoms with Crippen LogP contribution in [-0.2, 0) is 4.79 Å². The fourth-order valence-electron chi connectivity index (χ4n) is 6.25. The van der Waals surface area contributed by atoms with Crippen LogP contribution in [0.3, 0.4) is 0 Å². The number of hydrogen-bond acceptors (Lipinski definition) is 6. The highest BCUT2D eigenvalue weighted by atomic mass is 32.1. The van der Waals surface area contributed by atoms with Crippen molar-refractivity contribution in [3.05, 3.63) is 76.4 Å². The number of aromatic nitrogens is 4. The first-order valence-electron chi connectivity index (χ1n) is 14.1. The lowest BCUT2D eigenvalue weighted by Crippen LogP contribution is -2.37. The van der Waals surface area contributed by atoms with E-state index in [4.69, 9.17) is 9.72 Å². The number of aromatic amines is 1. The first-order valence-corrected chi connectivity index (χ1v) is 15.0. The molecular weight excluding hydrogens is 539 g/mol. The van der Waals surface area contributed by atoms with Gasteiger partial charge in [-0.25, -0.2) is 14.4 Å². The van der Waals surface area contributed by atoms with Crippen molar-refractivity contribution in [3.63, 3.8) is 0 Å². The Bertz CT molecular complexity index is 1800. The maximum atomic E-state index is 16.0. The Morgan fingerprint density at radius 2 is 2.05 bits per heavy atom. The second-order valence-electron chi connectivity index (χ2n) is 11.1. The quantitative estimate of drug-likeness (QED) is 0.263. The van der Waals surface area contributed by atoms with Crippen molar-refractivity contribution in [3.8, 4) is 28.3 Å². The molecule has 1 saturated carbocycles. The zero-order valence-corrected chi connectivity index (χ0v) is 23.4. The highest BCUT2D eigenvalue weighted by Crippen LogP contribution is 2.49. The molecule has 0 spiro atoms. The number of likely N-dealkylation sites (tertiary alicyclic amines) is 1. The van der Waals surface area contributed by atoms with Gasteiger partial charge in [-0.05, 0) is 57.0 Å². The van der Waals surface area contributed by atoms with Gasteiger partial charge in [0.05, 0.1) is 51.1 Å². The summed E-state index contributed by atoms with van der Waals surface area (Å²) in [5.41, 5.74) is 3.58. The minimum Gasteiger partial charge on any atom is -0.464 e. The molecule has 1 aliphatic carbocycles. The third-order valence-electron chi connectivity index (χ3n) is 8.37. The van der Waals surface area contributed by atoms with Crippen LogP contribution in [-0.4, -0.2) is 50.5 Å². The van der Waals surface area contributed by atoms with Gasteiger partial charge in [-0.2, -0.15) is 0 Å². The van der Waals surface area contributed by atoms with Gasteiger partial charge in [0.2, 0.25) is 12.1 Å². The Labute approximate surface area is 240 Å². The molecule has 41 heavy (non-hydrogen) atoms. The number of halogens is 1. The van der Waals surface area contributed by atoms with E-state index in [-0.39, 0.29) is 24.3 Å². The molecule has 0 radical (unpaired) electrons. The number of para-hydroxylation sites is 1. The Morgan fingerprint density at radius 3 is 2.90 bits per heavy atom. The number of nitrogens with one attached hydrogen (secondary N) is 2. The van der Waals surface area contributed by atoms with Gasteiger partial charge in [-0.15, -0.1) is 11.3 Å². The van der Waals surface area contributed by atoms with Gasteiger partial charge in [0.15, 0.2) is 0 Å². The van der Waals surface area contributed by atoms with Gasteiger partial charge in [0, 0.05) is 29.6 Å². The van der Waals surface area contributed by atoms with Crippen LogP contribution in [0.25, 0.3) is 33.4 Å². The van der Waals surface area contributed by atoms with Gasteiger partial charge in [0.25, 0.3) is 0 Å². The molecule has 208 valence electrons. The number of H-pyrrole nitrogens is 1. The zero-order valence-electron chi connectivity index (χ0n) is 22.6. The van der Waals surface area contributed by atoms with Gasteiger partial charge in [-0.1, -0.05) is 18.2 Å². The molecule has 1 saturated heterocycles. The van der Waals surface area contributed by atoms with Crippen LogP contribution in [0, 0.1) is 5.82 Å². The standard InChI is InChI=1S/C31H29FN6O2S/c1-33-16-27(39)37-10-4-7-23(37)29-34-14-21(36-29)19-11-20(32)28-24-12-18-5-2-3-6-22(18)38(24)31(40-25(28)13-19)26-15-35-30(41-26)17-8-9-17/h2-3,5-6,11-15,17,23,31,33H,4,7-10,16H2,1H3,(H,34,36). The first kappa shape index (κ1) is 24.8. The molecule has 5 heterocycles. The zero-order chi connectivity index (χ0) is 27.7. The summed E-state index contributed by atoms with van der Waals surface area (Å²) in [5.74, 6) is 1.45. The average Bonchev–Trinajstić information content (AvgIpc) is 3.41. The number of likely N-dealkylation sites (N-methyl/N-ethyl adjacent to an activating group) is 1. The highest BCUT2D eigenvalue weighted by Gasteiger charge is 2.35. The van der Waals surface area contributed by atoms with Crippen LogP contribution in [0.5, 0.6) is 5.75 Å². The van der Waals surface area contributed by atoms with E-state index in [9.17, 15) is 4.79 Å². The van der Waals surface area contributed by atoms with E-state index in [1.807, 2.05) is 41.4 Å². The first-order chi connectivity index (χ1) is 20.1. The van der Waals surface area contributed by atoms with Crippen LogP contribution in [0.15, 0.2) is 54.9 Å². The summed E-state index contributed by atoms with van der Waals surface area (Å²) >= 11 is 1.68. The van der Waals surface area contributed by atoms with Crippen molar-refractivity contribution in [1.29, 1.82) is 0 Å². The van der Waals surface area contributed by atoms with E-state index in [2.05, 4.69) is 25.9 Å². The molecule has 2 N–H and O–H groups in total. The largest absolute Gasteiger partial charge is 0.464 e.